The van der Waals surface area contributed by atoms with Crippen LogP contribution in [0.5, 0.6) is 0 Å². The number of sulfonamides is 1. The van der Waals surface area contributed by atoms with Gasteiger partial charge in [0.1, 0.15) is 10.7 Å². The molecule has 0 saturated heterocycles. The zero-order valence-corrected chi connectivity index (χ0v) is 13.4. The molecule has 7 heteroatoms. The molecule has 0 bridgehead atoms. The lowest BCUT2D eigenvalue weighted by molar-refractivity contribution is 0.538. The number of nitrogens with zero attached hydrogens (tertiary/aromatic N) is 1. The molecule has 1 fully saturated rings. The van der Waals surface area contributed by atoms with Crippen molar-refractivity contribution in [3.05, 3.63) is 16.7 Å². The van der Waals surface area contributed by atoms with E-state index in [-0.39, 0.29) is 10.9 Å². The van der Waals surface area contributed by atoms with Crippen LogP contribution >= 0.6 is 15.9 Å². The molecule has 106 valence electrons. The van der Waals surface area contributed by atoms with Gasteiger partial charge in [0.2, 0.25) is 10.0 Å². The second-order valence-electron chi connectivity index (χ2n) is 4.99. The van der Waals surface area contributed by atoms with Gasteiger partial charge in [-0.2, -0.15) is 0 Å². The number of pyridine rings is 1. The summed E-state index contributed by atoms with van der Waals surface area (Å²) in [5.74, 6) is 0.943. The normalized spacial score (nSPS) is 23.5. The van der Waals surface area contributed by atoms with Gasteiger partial charge in [0.25, 0.3) is 0 Å². The van der Waals surface area contributed by atoms with E-state index in [1.54, 1.807) is 19.3 Å². The molecule has 2 atom stereocenters. The summed E-state index contributed by atoms with van der Waals surface area (Å²) in [6.45, 7) is 2.15. The van der Waals surface area contributed by atoms with Gasteiger partial charge in [0.05, 0.1) is 0 Å². The van der Waals surface area contributed by atoms with Crippen LogP contribution in [-0.2, 0) is 10.0 Å². The third kappa shape index (κ3) is 3.46. The summed E-state index contributed by atoms with van der Waals surface area (Å²) in [4.78, 5) is 4.26. The van der Waals surface area contributed by atoms with E-state index in [9.17, 15) is 8.42 Å². The minimum atomic E-state index is -3.54. The predicted molar refractivity (Wildman–Crippen MR) is 78.6 cm³/mol. The molecule has 1 saturated carbocycles. The molecule has 1 heterocycles. The van der Waals surface area contributed by atoms with Crippen molar-refractivity contribution in [3.63, 3.8) is 0 Å². The molecule has 5 nitrogen and oxygen atoms in total. The Morgan fingerprint density at radius 2 is 2.16 bits per heavy atom. The number of hydrogen-bond donors (Lipinski definition) is 2. The van der Waals surface area contributed by atoms with Crippen LogP contribution in [0.15, 0.2) is 21.6 Å². The molecule has 0 aliphatic heterocycles. The van der Waals surface area contributed by atoms with Gasteiger partial charge in [-0.3, -0.25) is 0 Å². The van der Waals surface area contributed by atoms with Gasteiger partial charge in [-0.1, -0.05) is 6.92 Å². The van der Waals surface area contributed by atoms with Crippen LogP contribution in [0.25, 0.3) is 0 Å². The Kier molecular flexibility index (Phi) is 4.47. The second kappa shape index (κ2) is 5.76. The first-order valence-corrected chi connectivity index (χ1v) is 8.55. The molecule has 2 unspecified atom stereocenters. The van der Waals surface area contributed by atoms with Crippen molar-refractivity contribution in [1.29, 1.82) is 0 Å². The lowest BCUT2D eigenvalue weighted by Crippen LogP contribution is -2.33. The maximum atomic E-state index is 12.4. The third-order valence-corrected chi connectivity index (χ3v) is 5.33. The quantitative estimate of drug-likeness (QED) is 0.876. The van der Waals surface area contributed by atoms with Crippen LogP contribution in [0, 0.1) is 5.92 Å². The molecule has 19 heavy (non-hydrogen) atoms. The zero-order valence-electron chi connectivity index (χ0n) is 11.0. The van der Waals surface area contributed by atoms with Crippen LogP contribution in [0.3, 0.4) is 0 Å². The molecule has 1 aromatic rings. The monoisotopic (exact) mass is 347 g/mol. The first-order valence-electron chi connectivity index (χ1n) is 6.28. The summed E-state index contributed by atoms with van der Waals surface area (Å²) in [6.07, 6.45) is 4.44. The highest BCUT2D eigenvalue weighted by molar-refractivity contribution is 9.10. The SMILES string of the molecule is CNc1ncc(Br)cc1S(=O)(=O)NC1CCC(C)C1. The number of anilines is 1. The number of halogens is 1. The van der Waals surface area contributed by atoms with Crippen LogP contribution in [0.4, 0.5) is 5.82 Å². The molecule has 1 aliphatic carbocycles. The lowest BCUT2D eigenvalue weighted by atomic mass is 10.1. The van der Waals surface area contributed by atoms with Gasteiger partial charge in [0.15, 0.2) is 0 Å². The van der Waals surface area contributed by atoms with Crippen molar-refractivity contribution in [1.82, 2.24) is 9.71 Å². The molecule has 2 rings (SSSR count). The summed E-state index contributed by atoms with van der Waals surface area (Å²) in [7, 11) is -1.88. The summed E-state index contributed by atoms with van der Waals surface area (Å²) in [5, 5.41) is 2.81. The summed E-state index contributed by atoms with van der Waals surface area (Å²) >= 11 is 3.26. The Balaban J connectivity index is 2.26. The van der Waals surface area contributed by atoms with Crippen molar-refractivity contribution < 1.29 is 8.42 Å². The van der Waals surface area contributed by atoms with Crippen molar-refractivity contribution in [2.45, 2.75) is 37.1 Å². The Bertz CT molecular complexity index is 562. The summed E-state index contributed by atoms with van der Waals surface area (Å²) in [5.41, 5.74) is 0. The van der Waals surface area contributed by atoms with Crippen molar-refractivity contribution >= 4 is 31.8 Å². The van der Waals surface area contributed by atoms with Crippen molar-refractivity contribution in [2.24, 2.45) is 5.92 Å². The smallest absolute Gasteiger partial charge is 0.244 e. The summed E-state index contributed by atoms with van der Waals surface area (Å²) in [6, 6.07) is 1.60. The molecular formula is C12H18BrN3O2S. The molecule has 1 aliphatic rings. The maximum absolute atomic E-state index is 12.4. The van der Waals surface area contributed by atoms with Crippen LogP contribution < -0.4 is 10.0 Å². The van der Waals surface area contributed by atoms with Gasteiger partial charge in [-0.05, 0) is 47.2 Å². The molecule has 0 spiro atoms. The van der Waals surface area contributed by atoms with Gasteiger partial charge >= 0.3 is 0 Å². The number of aromatic nitrogens is 1. The minimum absolute atomic E-state index is 0.0312. The fourth-order valence-corrected chi connectivity index (χ4v) is 4.36. The van der Waals surface area contributed by atoms with E-state index < -0.39 is 10.0 Å². The highest BCUT2D eigenvalue weighted by Crippen LogP contribution is 2.28. The first-order chi connectivity index (χ1) is 8.92. The molecule has 0 radical (unpaired) electrons. The van der Waals surface area contributed by atoms with E-state index in [0.717, 1.165) is 19.3 Å². The Hall–Kier alpha value is -0.660. The van der Waals surface area contributed by atoms with Gasteiger partial charge in [0, 0.05) is 23.8 Å². The fourth-order valence-electron chi connectivity index (χ4n) is 2.41. The molecule has 1 aromatic heterocycles. The lowest BCUT2D eigenvalue weighted by Gasteiger charge is -2.15. The number of nitrogens with one attached hydrogen (secondary N) is 2. The van der Waals surface area contributed by atoms with Crippen molar-refractivity contribution in [2.75, 3.05) is 12.4 Å². The van der Waals surface area contributed by atoms with E-state index in [1.165, 1.54) is 0 Å². The van der Waals surface area contributed by atoms with Gasteiger partial charge < -0.3 is 5.32 Å². The Morgan fingerprint density at radius 1 is 1.42 bits per heavy atom. The standard InChI is InChI=1S/C12H18BrN3O2S/c1-8-3-4-10(5-8)16-19(17,18)11-6-9(13)7-15-12(11)14-2/h6-8,10,16H,3-5H2,1-2H3,(H,14,15). The number of rotatable bonds is 4. The zero-order chi connectivity index (χ0) is 14.0. The van der Waals surface area contributed by atoms with Crippen LogP contribution in [0.1, 0.15) is 26.2 Å². The topological polar surface area (TPSA) is 71.1 Å². The number of hydrogen-bond acceptors (Lipinski definition) is 4. The first kappa shape index (κ1) is 14.7. The largest absolute Gasteiger partial charge is 0.372 e. The van der Waals surface area contributed by atoms with Crippen LogP contribution in [-0.4, -0.2) is 26.5 Å². The molecular weight excluding hydrogens is 330 g/mol. The maximum Gasteiger partial charge on any atom is 0.244 e. The second-order valence-corrected chi connectivity index (χ2v) is 7.58. The Labute approximate surface area is 122 Å². The van der Waals surface area contributed by atoms with E-state index in [0.29, 0.717) is 16.2 Å². The molecule has 2 N–H and O–H groups in total. The summed E-state index contributed by atoms with van der Waals surface area (Å²) < 4.78 is 28.2. The van der Waals surface area contributed by atoms with Gasteiger partial charge in [-0.15, -0.1) is 0 Å². The van der Waals surface area contributed by atoms with Crippen molar-refractivity contribution in [3.8, 4) is 0 Å². The highest BCUT2D eigenvalue weighted by atomic mass is 79.9. The van der Waals surface area contributed by atoms with Gasteiger partial charge in [-0.25, -0.2) is 18.1 Å². The third-order valence-electron chi connectivity index (χ3n) is 3.36. The van der Waals surface area contributed by atoms with Crippen LogP contribution in [0.2, 0.25) is 0 Å². The van der Waals surface area contributed by atoms with E-state index in [2.05, 4.69) is 37.9 Å². The Morgan fingerprint density at radius 3 is 2.74 bits per heavy atom. The minimum Gasteiger partial charge on any atom is -0.372 e. The molecule has 0 amide bonds. The fraction of sp³-hybridized carbons (Fsp3) is 0.583. The predicted octanol–water partition coefficient (Wildman–Crippen LogP) is 2.35. The molecule has 0 aromatic carbocycles. The average Bonchev–Trinajstić information content (AvgIpc) is 2.74. The van der Waals surface area contributed by atoms with E-state index in [4.69, 9.17) is 0 Å². The highest BCUT2D eigenvalue weighted by Gasteiger charge is 2.28. The van der Waals surface area contributed by atoms with E-state index >= 15 is 0 Å². The van der Waals surface area contributed by atoms with E-state index in [1.807, 2.05) is 0 Å². The average molecular weight is 348 g/mol.